The van der Waals surface area contributed by atoms with Crippen LogP contribution in [0, 0.1) is 5.92 Å². The van der Waals surface area contributed by atoms with E-state index in [-0.39, 0.29) is 32.0 Å². The summed E-state index contributed by atoms with van der Waals surface area (Å²) in [4.78, 5) is 24.0. The zero-order valence-electron chi connectivity index (χ0n) is 21.8. The number of hydrogen-bond acceptors (Lipinski definition) is 7. The molecule has 0 spiro atoms. The molecule has 198 valence electrons. The zero-order valence-corrected chi connectivity index (χ0v) is 21.8. The van der Waals surface area contributed by atoms with Crippen LogP contribution in [0.1, 0.15) is 37.9 Å². The van der Waals surface area contributed by atoms with Gasteiger partial charge in [0.25, 0.3) is 5.91 Å². The Morgan fingerprint density at radius 3 is 2.42 bits per heavy atom. The molecule has 38 heavy (non-hydrogen) atoms. The molecule has 0 aliphatic carbocycles. The van der Waals surface area contributed by atoms with Crippen LogP contribution in [-0.2, 0) is 27.4 Å². The monoisotopic (exact) mass is 515 g/mol. The van der Waals surface area contributed by atoms with Crippen molar-refractivity contribution in [3.63, 3.8) is 0 Å². The lowest BCUT2D eigenvalue weighted by atomic mass is 9.74. The summed E-state index contributed by atoms with van der Waals surface area (Å²) in [6, 6.07) is 25.3. The normalized spacial score (nSPS) is 17.6. The van der Waals surface area contributed by atoms with Crippen LogP contribution < -0.4 is 5.32 Å². The Hall–Kier alpha value is -3.53. The van der Waals surface area contributed by atoms with Crippen LogP contribution in [0.5, 0.6) is 0 Å². The van der Waals surface area contributed by atoms with Crippen molar-refractivity contribution in [1.82, 2.24) is 10.3 Å². The lowest BCUT2D eigenvalue weighted by Crippen LogP contribution is -2.56. The summed E-state index contributed by atoms with van der Waals surface area (Å²) in [5, 5.41) is 26.7. The van der Waals surface area contributed by atoms with Crippen molar-refractivity contribution in [2.75, 3.05) is 6.61 Å². The largest absolute Gasteiger partial charge is 0.475 e. The highest BCUT2D eigenvalue weighted by atomic mass is 16.7. The first-order chi connectivity index (χ1) is 18.3. The number of rotatable bonds is 12. The Balaban J connectivity index is 1.41. The van der Waals surface area contributed by atoms with E-state index in [1.54, 1.807) is 0 Å². The molecule has 1 amide bonds. The number of oxime groups is 1. The molecule has 4 rings (SSSR count). The number of amides is 1. The van der Waals surface area contributed by atoms with Crippen molar-refractivity contribution in [2.24, 2.45) is 11.1 Å². The van der Waals surface area contributed by atoms with Gasteiger partial charge in [-0.15, -0.1) is 0 Å². The summed E-state index contributed by atoms with van der Waals surface area (Å²) in [5.41, 5.74) is 2.88. The number of carbonyl (C=O) groups is 1. The zero-order chi connectivity index (χ0) is 27.0. The van der Waals surface area contributed by atoms with Gasteiger partial charge in [0.1, 0.15) is 0 Å². The first-order valence-electron chi connectivity index (χ1n) is 12.9. The third kappa shape index (κ3) is 7.28. The predicted octanol–water partition coefficient (Wildman–Crippen LogP) is 3.57. The Morgan fingerprint density at radius 2 is 1.74 bits per heavy atom. The van der Waals surface area contributed by atoms with Gasteiger partial charge >= 0.3 is 7.12 Å². The molecule has 0 saturated heterocycles. The van der Waals surface area contributed by atoms with E-state index in [2.05, 4.69) is 15.5 Å². The molecule has 3 N–H and O–H groups in total. The van der Waals surface area contributed by atoms with Crippen LogP contribution in [0.4, 0.5) is 0 Å². The van der Waals surface area contributed by atoms with Gasteiger partial charge in [0.2, 0.25) is 5.60 Å². The standard InChI is InChI=1S/C29H34BN3O5/c1-21(2)16-27(30(35)36)32-28(34)29(17-22-10-5-3-6-11-22)18-25(33-38-29)20-37-19-24-14-9-15-26(31-24)23-12-7-4-8-13-23/h3-15,21,27,35-36H,16-20H2,1-2H3,(H,32,34). The molecule has 0 saturated carbocycles. The van der Waals surface area contributed by atoms with E-state index in [1.807, 2.05) is 92.7 Å². The molecule has 2 aromatic carbocycles. The number of hydrogen-bond donors (Lipinski definition) is 3. The van der Waals surface area contributed by atoms with Gasteiger partial charge in [0.05, 0.1) is 36.3 Å². The summed E-state index contributed by atoms with van der Waals surface area (Å²) in [6.07, 6.45) is 0.918. The van der Waals surface area contributed by atoms with Crippen LogP contribution >= 0.6 is 0 Å². The van der Waals surface area contributed by atoms with E-state index < -0.39 is 24.6 Å². The van der Waals surface area contributed by atoms with Crippen LogP contribution in [0.2, 0.25) is 0 Å². The third-order valence-electron chi connectivity index (χ3n) is 6.38. The van der Waals surface area contributed by atoms with Crippen LogP contribution in [0.15, 0.2) is 84.0 Å². The third-order valence-corrected chi connectivity index (χ3v) is 6.38. The highest BCUT2D eigenvalue weighted by Crippen LogP contribution is 2.30. The van der Waals surface area contributed by atoms with E-state index in [0.29, 0.717) is 12.1 Å². The van der Waals surface area contributed by atoms with Crippen molar-refractivity contribution in [3.8, 4) is 11.3 Å². The molecule has 2 unspecified atom stereocenters. The first-order valence-corrected chi connectivity index (χ1v) is 12.9. The quantitative estimate of drug-likeness (QED) is 0.318. The van der Waals surface area contributed by atoms with Crippen molar-refractivity contribution >= 4 is 18.7 Å². The molecule has 2 atom stereocenters. The highest BCUT2D eigenvalue weighted by Gasteiger charge is 2.48. The first kappa shape index (κ1) is 27.5. The lowest BCUT2D eigenvalue weighted by Gasteiger charge is -2.29. The fourth-order valence-electron chi connectivity index (χ4n) is 4.51. The fraction of sp³-hybridized carbons (Fsp3) is 0.345. The van der Waals surface area contributed by atoms with Crippen LogP contribution in [0.3, 0.4) is 0 Å². The van der Waals surface area contributed by atoms with E-state index in [0.717, 1.165) is 22.5 Å². The maximum absolute atomic E-state index is 13.5. The number of carbonyl (C=O) groups excluding carboxylic acids is 1. The molecule has 0 bridgehead atoms. The maximum Gasteiger partial charge on any atom is 0.475 e. The molecule has 1 aromatic heterocycles. The Bertz CT molecular complexity index is 1220. The average Bonchev–Trinajstić information content (AvgIpc) is 3.33. The number of nitrogens with one attached hydrogen (secondary N) is 1. The summed E-state index contributed by atoms with van der Waals surface area (Å²) in [6.45, 7) is 4.37. The Kier molecular flexibility index (Phi) is 9.28. The minimum Gasteiger partial charge on any atom is -0.426 e. The second-order valence-electron chi connectivity index (χ2n) is 10.1. The summed E-state index contributed by atoms with van der Waals surface area (Å²) in [5.74, 6) is -1.09. The smallest absolute Gasteiger partial charge is 0.426 e. The van der Waals surface area contributed by atoms with Gasteiger partial charge < -0.3 is 24.9 Å². The summed E-state index contributed by atoms with van der Waals surface area (Å²) >= 11 is 0. The molecular formula is C29H34BN3O5. The molecule has 2 heterocycles. The minimum atomic E-state index is -1.68. The van der Waals surface area contributed by atoms with E-state index in [4.69, 9.17) is 9.57 Å². The predicted molar refractivity (Wildman–Crippen MR) is 147 cm³/mol. The lowest BCUT2D eigenvalue weighted by molar-refractivity contribution is -0.144. The SMILES string of the molecule is CC(C)CC(NC(=O)C1(Cc2ccccc2)CC(COCc2cccc(-c3ccccc3)n2)=NO1)B(O)O. The Morgan fingerprint density at radius 1 is 1.03 bits per heavy atom. The minimum absolute atomic E-state index is 0.158. The van der Waals surface area contributed by atoms with Gasteiger partial charge in [0.15, 0.2) is 0 Å². The van der Waals surface area contributed by atoms with E-state index in [1.165, 1.54) is 0 Å². The van der Waals surface area contributed by atoms with Gasteiger partial charge in [-0.1, -0.05) is 85.7 Å². The van der Waals surface area contributed by atoms with Gasteiger partial charge in [-0.2, -0.15) is 0 Å². The molecule has 1 aliphatic heterocycles. The molecular weight excluding hydrogens is 481 g/mol. The Labute approximate surface area is 223 Å². The van der Waals surface area contributed by atoms with E-state index in [9.17, 15) is 14.8 Å². The summed E-state index contributed by atoms with van der Waals surface area (Å²) in [7, 11) is -1.68. The topological polar surface area (TPSA) is 113 Å². The number of ether oxygens (including phenoxy) is 1. The summed E-state index contributed by atoms with van der Waals surface area (Å²) < 4.78 is 5.90. The highest BCUT2D eigenvalue weighted by molar-refractivity contribution is 6.43. The van der Waals surface area contributed by atoms with Gasteiger partial charge in [-0.05, 0) is 30.0 Å². The van der Waals surface area contributed by atoms with Gasteiger partial charge in [0, 0.05) is 18.4 Å². The average molecular weight is 515 g/mol. The van der Waals surface area contributed by atoms with E-state index >= 15 is 0 Å². The maximum atomic E-state index is 13.5. The molecule has 8 nitrogen and oxygen atoms in total. The molecule has 1 aliphatic rings. The van der Waals surface area contributed by atoms with Crippen LogP contribution in [-0.4, -0.2) is 51.9 Å². The fourth-order valence-corrected chi connectivity index (χ4v) is 4.51. The van der Waals surface area contributed by atoms with Crippen LogP contribution in [0.25, 0.3) is 11.3 Å². The molecule has 3 aromatic rings. The van der Waals surface area contributed by atoms with Crippen molar-refractivity contribution in [3.05, 3.63) is 90.1 Å². The van der Waals surface area contributed by atoms with Gasteiger partial charge in [-0.3, -0.25) is 9.78 Å². The number of benzene rings is 2. The van der Waals surface area contributed by atoms with Gasteiger partial charge in [-0.25, -0.2) is 0 Å². The number of aromatic nitrogens is 1. The second kappa shape index (κ2) is 12.8. The molecule has 0 fully saturated rings. The molecule has 9 heteroatoms. The second-order valence-corrected chi connectivity index (χ2v) is 10.1. The van der Waals surface area contributed by atoms with Crippen molar-refractivity contribution in [2.45, 2.75) is 51.3 Å². The molecule has 0 radical (unpaired) electrons. The van der Waals surface area contributed by atoms with Crippen molar-refractivity contribution < 1.29 is 24.4 Å². The number of pyridine rings is 1. The van der Waals surface area contributed by atoms with Crippen molar-refractivity contribution in [1.29, 1.82) is 0 Å². The number of nitrogens with zero attached hydrogens (tertiary/aromatic N) is 2.